The summed E-state index contributed by atoms with van der Waals surface area (Å²) in [5.74, 6) is 0.236. The lowest BCUT2D eigenvalue weighted by atomic mass is 10.1. The first-order valence-corrected chi connectivity index (χ1v) is 5.03. The SMILES string of the molecule is COC1=NN(C)CN1c1c(C)cccc1O. The molecular weight excluding hydrogens is 206 g/mol. The van der Waals surface area contributed by atoms with Crippen molar-refractivity contribution in [1.82, 2.24) is 5.01 Å². The molecule has 0 aromatic heterocycles. The van der Waals surface area contributed by atoms with Crippen molar-refractivity contribution in [3.63, 3.8) is 0 Å². The molecule has 0 atom stereocenters. The Morgan fingerprint density at radius 1 is 1.44 bits per heavy atom. The van der Waals surface area contributed by atoms with Gasteiger partial charge in [-0.3, -0.25) is 9.91 Å². The molecule has 5 nitrogen and oxygen atoms in total. The Bertz CT molecular complexity index is 411. The van der Waals surface area contributed by atoms with Gasteiger partial charge in [0.05, 0.1) is 12.8 Å². The number of rotatable bonds is 1. The second-order valence-electron chi connectivity index (χ2n) is 3.76. The van der Waals surface area contributed by atoms with Crippen molar-refractivity contribution in [2.24, 2.45) is 5.10 Å². The van der Waals surface area contributed by atoms with Crippen LogP contribution in [-0.2, 0) is 4.74 Å². The number of benzene rings is 1. The van der Waals surface area contributed by atoms with Gasteiger partial charge in [0, 0.05) is 7.05 Å². The Balaban J connectivity index is 2.42. The minimum Gasteiger partial charge on any atom is -0.506 e. The van der Waals surface area contributed by atoms with Gasteiger partial charge >= 0.3 is 6.02 Å². The largest absolute Gasteiger partial charge is 0.506 e. The van der Waals surface area contributed by atoms with Gasteiger partial charge in [-0.1, -0.05) is 12.1 Å². The van der Waals surface area contributed by atoms with Gasteiger partial charge in [0.15, 0.2) is 0 Å². The molecule has 0 saturated carbocycles. The molecule has 0 radical (unpaired) electrons. The fraction of sp³-hybridized carbons (Fsp3) is 0.364. The van der Waals surface area contributed by atoms with Crippen LogP contribution in [0.3, 0.4) is 0 Å². The molecule has 0 amide bonds. The molecule has 1 aliphatic heterocycles. The van der Waals surface area contributed by atoms with E-state index in [-0.39, 0.29) is 5.75 Å². The highest BCUT2D eigenvalue weighted by atomic mass is 16.5. The third-order valence-corrected chi connectivity index (χ3v) is 2.50. The number of hydrazone groups is 1. The smallest absolute Gasteiger partial charge is 0.315 e. The predicted molar refractivity (Wildman–Crippen MR) is 62.4 cm³/mol. The number of ether oxygens (including phenoxy) is 1. The molecule has 0 spiro atoms. The standard InChI is InChI=1S/C11H15N3O2/c1-8-5-4-6-9(15)10(8)14-7-13(2)12-11(14)16-3/h4-6,15H,7H2,1-3H3. The lowest BCUT2D eigenvalue weighted by molar-refractivity contribution is 0.377. The zero-order chi connectivity index (χ0) is 11.7. The van der Waals surface area contributed by atoms with E-state index in [1.54, 1.807) is 18.2 Å². The lowest BCUT2D eigenvalue weighted by Gasteiger charge is -2.21. The van der Waals surface area contributed by atoms with Crippen LogP contribution in [0.25, 0.3) is 0 Å². The van der Waals surface area contributed by atoms with Gasteiger partial charge in [-0.2, -0.15) is 0 Å². The van der Waals surface area contributed by atoms with Crippen LogP contribution < -0.4 is 4.90 Å². The monoisotopic (exact) mass is 221 g/mol. The van der Waals surface area contributed by atoms with Crippen molar-refractivity contribution in [1.29, 1.82) is 0 Å². The van der Waals surface area contributed by atoms with Crippen molar-refractivity contribution < 1.29 is 9.84 Å². The first-order valence-electron chi connectivity index (χ1n) is 5.03. The molecule has 1 aromatic carbocycles. The molecule has 0 unspecified atom stereocenters. The maximum Gasteiger partial charge on any atom is 0.315 e. The van der Waals surface area contributed by atoms with Crippen LogP contribution in [0.1, 0.15) is 5.56 Å². The Morgan fingerprint density at radius 2 is 2.19 bits per heavy atom. The zero-order valence-electron chi connectivity index (χ0n) is 9.64. The molecule has 1 N–H and O–H groups in total. The van der Waals surface area contributed by atoms with E-state index in [0.717, 1.165) is 11.3 Å². The molecule has 0 bridgehead atoms. The number of amidine groups is 1. The maximum atomic E-state index is 9.88. The lowest BCUT2D eigenvalue weighted by Crippen LogP contribution is -2.31. The predicted octanol–water partition coefficient (Wildman–Crippen LogP) is 1.33. The third-order valence-electron chi connectivity index (χ3n) is 2.50. The molecule has 5 heteroatoms. The van der Waals surface area contributed by atoms with Crippen LogP contribution in [0.15, 0.2) is 23.3 Å². The molecule has 86 valence electrons. The topological polar surface area (TPSA) is 48.3 Å². The second-order valence-corrected chi connectivity index (χ2v) is 3.76. The van der Waals surface area contributed by atoms with E-state index in [2.05, 4.69) is 5.10 Å². The minimum atomic E-state index is 0.236. The maximum absolute atomic E-state index is 9.88. The summed E-state index contributed by atoms with van der Waals surface area (Å²) in [6, 6.07) is 5.92. The van der Waals surface area contributed by atoms with Crippen molar-refractivity contribution in [2.45, 2.75) is 6.92 Å². The molecule has 2 rings (SSSR count). The summed E-state index contributed by atoms with van der Waals surface area (Å²) in [7, 11) is 3.43. The number of aromatic hydroxyl groups is 1. The van der Waals surface area contributed by atoms with Gasteiger partial charge in [0.1, 0.15) is 12.4 Å². The van der Waals surface area contributed by atoms with Crippen molar-refractivity contribution in [3.05, 3.63) is 23.8 Å². The number of methoxy groups -OCH3 is 1. The van der Waals surface area contributed by atoms with E-state index in [0.29, 0.717) is 12.7 Å². The fourth-order valence-electron chi connectivity index (χ4n) is 1.81. The van der Waals surface area contributed by atoms with E-state index in [1.807, 2.05) is 31.0 Å². The summed E-state index contributed by atoms with van der Waals surface area (Å²) >= 11 is 0. The molecule has 1 heterocycles. The molecule has 1 aromatic rings. The van der Waals surface area contributed by atoms with Gasteiger partial charge in [-0.25, -0.2) is 0 Å². The number of anilines is 1. The number of phenolic OH excluding ortho intramolecular Hbond substituents is 1. The minimum absolute atomic E-state index is 0.236. The number of para-hydroxylation sites is 1. The molecular formula is C11H15N3O2. The average molecular weight is 221 g/mol. The van der Waals surface area contributed by atoms with Crippen LogP contribution in [-0.4, -0.2) is 37.0 Å². The van der Waals surface area contributed by atoms with E-state index < -0.39 is 0 Å². The highest BCUT2D eigenvalue weighted by molar-refractivity contribution is 5.95. The van der Waals surface area contributed by atoms with Crippen molar-refractivity contribution >= 4 is 11.7 Å². The van der Waals surface area contributed by atoms with E-state index in [9.17, 15) is 5.11 Å². The van der Waals surface area contributed by atoms with Crippen LogP contribution in [0.2, 0.25) is 0 Å². The quantitative estimate of drug-likeness (QED) is 0.777. The van der Waals surface area contributed by atoms with E-state index in [4.69, 9.17) is 4.74 Å². The van der Waals surface area contributed by atoms with Crippen LogP contribution in [0.4, 0.5) is 5.69 Å². The molecule has 0 fully saturated rings. The van der Waals surface area contributed by atoms with Crippen LogP contribution in [0.5, 0.6) is 5.75 Å². The highest BCUT2D eigenvalue weighted by Crippen LogP contribution is 2.32. The second kappa shape index (κ2) is 3.92. The van der Waals surface area contributed by atoms with Gasteiger partial charge in [0.25, 0.3) is 0 Å². The third kappa shape index (κ3) is 1.64. The summed E-state index contributed by atoms with van der Waals surface area (Å²) in [6.45, 7) is 2.52. The first-order chi connectivity index (χ1) is 7.63. The van der Waals surface area contributed by atoms with Crippen LogP contribution in [0, 0.1) is 6.92 Å². The van der Waals surface area contributed by atoms with Gasteiger partial charge in [-0.15, -0.1) is 5.10 Å². The molecule has 16 heavy (non-hydrogen) atoms. The number of hydrogen-bond acceptors (Lipinski definition) is 5. The Morgan fingerprint density at radius 3 is 2.81 bits per heavy atom. The zero-order valence-corrected chi connectivity index (χ0v) is 9.64. The van der Waals surface area contributed by atoms with Crippen molar-refractivity contribution in [2.75, 3.05) is 25.7 Å². The fourth-order valence-corrected chi connectivity index (χ4v) is 1.81. The van der Waals surface area contributed by atoms with Gasteiger partial charge in [0.2, 0.25) is 0 Å². The Hall–Kier alpha value is -1.91. The number of nitrogens with zero attached hydrogens (tertiary/aromatic N) is 3. The molecule has 1 aliphatic rings. The van der Waals surface area contributed by atoms with E-state index >= 15 is 0 Å². The average Bonchev–Trinajstić information content (AvgIpc) is 2.59. The Labute approximate surface area is 94.5 Å². The molecule has 0 saturated heterocycles. The van der Waals surface area contributed by atoms with Crippen LogP contribution >= 0.6 is 0 Å². The summed E-state index contributed by atoms with van der Waals surface area (Å²) in [5.41, 5.74) is 1.73. The summed E-state index contributed by atoms with van der Waals surface area (Å²) < 4.78 is 5.18. The first kappa shape index (κ1) is 10.6. The Kier molecular flexibility index (Phi) is 2.60. The summed E-state index contributed by atoms with van der Waals surface area (Å²) in [5, 5.41) is 15.8. The number of phenols is 1. The summed E-state index contributed by atoms with van der Waals surface area (Å²) in [4.78, 5) is 1.84. The van der Waals surface area contributed by atoms with Gasteiger partial charge < -0.3 is 9.84 Å². The molecule has 0 aliphatic carbocycles. The number of aryl methyl sites for hydroxylation is 1. The van der Waals surface area contributed by atoms with Gasteiger partial charge in [-0.05, 0) is 18.6 Å². The highest BCUT2D eigenvalue weighted by Gasteiger charge is 2.26. The van der Waals surface area contributed by atoms with E-state index in [1.165, 1.54) is 0 Å². The van der Waals surface area contributed by atoms with Crippen molar-refractivity contribution in [3.8, 4) is 5.75 Å². The summed E-state index contributed by atoms with van der Waals surface area (Å²) in [6.07, 6.45) is 0. The number of hydrogen-bond donors (Lipinski definition) is 1. The normalized spacial score (nSPS) is 15.3.